The third-order valence-corrected chi connectivity index (χ3v) is 3.54. The van der Waals surface area contributed by atoms with E-state index in [4.69, 9.17) is 4.84 Å². The van der Waals surface area contributed by atoms with Crippen LogP contribution >= 0.6 is 0 Å². The third-order valence-electron chi connectivity index (χ3n) is 3.54. The van der Waals surface area contributed by atoms with Crippen LogP contribution in [0.1, 0.15) is 36.7 Å². The second kappa shape index (κ2) is 6.80. The summed E-state index contributed by atoms with van der Waals surface area (Å²) in [5.41, 5.74) is 3.23. The number of nitrogens with zero attached hydrogens (tertiary/aromatic N) is 3. The summed E-state index contributed by atoms with van der Waals surface area (Å²) in [6.07, 6.45) is 2.85. The summed E-state index contributed by atoms with van der Waals surface area (Å²) >= 11 is 0. The number of carbonyl (C=O) groups excluding carboxylic acids is 1. The van der Waals surface area contributed by atoms with Crippen molar-refractivity contribution in [3.8, 4) is 0 Å². The minimum atomic E-state index is -0.905. The number of imidazole rings is 1. The zero-order chi connectivity index (χ0) is 18.9. The van der Waals surface area contributed by atoms with Gasteiger partial charge in [0.2, 0.25) is 0 Å². The van der Waals surface area contributed by atoms with Crippen molar-refractivity contribution in [1.82, 2.24) is 20.0 Å². The SMILES string of the molecule is CC(C)(C)ONC(=O)c1cnc2c(c1)ncn2Cc1cccc(F)c1F. The Labute approximate surface area is 148 Å². The quantitative estimate of drug-likeness (QED) is 0.726. The maximum atomic E-state index is 13.8. The van der Waals surface area contributed by atoms with Crippen molar-refractivity contribution >= 4 is 17.1 Å². The summed E-state index contributed by atoms with van der Waals surface area (Å²) in [5.74, 6) is -2.25. The molecule has 0 aliphatic heterocycles. The van der Waals surface area contributed by atoms with E-state index in [0.717, 1.165) is 6.07 Å². The highest BCUT2D eigenvalue weighted by molar-refractivity contribution is 5.95. The Morgan fingerprint density at radius 1 is 1.27 bits per heavy atom. The average Bonchev–Trinajstić information content (AvgIpc) is 2.98. The van der Waals surface area contributed by atoms with Gasteiger partial charge in [-0.05, 0) is 32.9 Å². The van der Waals surface area contributed by atoms with Crippen molar-refractivity contribution in [2.24, 2.45) is 0 Å². The van der Waals surface area contributed by atoms with Gasteiger partial charge in [-0.15, -0.1) is 0 Å². The van der Waals surface area contributed by atoms with Gasteiger partial charge in [0, 0.05) is 11.8 Å². The number of halogens is 2. The van der Waals surface area contributed by atoms with E-state index in [1.807, 2.05) is 20.8 Å². The van der Waals surface area contributed by atoms with E-state index in [2.05, 4.69) is 15.4 Å². The molecule has 0 unspecified atom stereocenters. The number of hydroxylamine groups is 1. The van der Waals surface area contributed by atoms with E-state index in [9.17, 15) is 13.6 Å². The molecular weight excluding hydrogens is 342 g/mol. The molecule has 3 aromatic rings. The second-order valence-corrected chi connectivity index (χ2v) is 6.80. The van der Waals surface area contributed by atoms with E-state index >= 15 is 0 Å². The van der Waals surface area contributed by atoms with Crippen molar-refractivity contribution in [2.45, 2.75) is 32.9 Å². The molecule has 0 saturated carbocycles. The Kier molecular flexibility index (Phi) is 4.69. The maximum absolute atomic E-state index is 13.8. The molecule has 0 spiro atoms. The fraction of sp³-hybridized carbons (Fsp3) is 0.278. The average molecular weight is 360 g/mol. The van der Waals surface area contributed by atoms with Crippen molar-refractivity contribution in [3.05, 3.63) is 59.6 Å². The normalized spacial score (nSPS) is 11.7. The Hall–Kier alpha value is -2.87. The number of pyridine rings is 1. The van der Waals surface area contributed by atoms with Gasteiger partial charge in [0.15, 0.2) is 17.3 Å². The summed E-state index contributed by atoms with van der Waals surface area (Å²) in [6.45, 7) is 5.50. The van der Waals surface area contributed by atoms with Crippen molar-refractivity contribution in [3.63, 3.8) is 0 Å². The lowest BCUT2D eigenvalue weighted by Crippen LogP contribution is -2.33. The molecule has 0 saturated heterocycles. The lowest BCUT2D eigenvalue weighted by atomic mass is 10.2. The van der Waals surface area contributed by atoms with Gasteiger partial charge < -0.3 is 4.57 Å². The van der Waals surface area contributed by atoms with Crippen LogP contribution in [-0.4, -0.2) is 26.0 Å². The number of hydrogen-bond acceptors (Lipinski definition) is 4. The summed E-state index contributed by atoms with van der Waals surface area (Å²) in [7, 11) is 0. The number of benzene rings is 1. The minimum absolute atomic E-state index is 0.0752. The lowest BCUT2D eigenvalue weighted by Gasteiger charge is -2.18. The van der Waals surface area contributed by atoms with Crippen LogP contribution in [0, 0.1) is 11.6 Å². The molecule has 0 fully saturated rings. The van der Waals surface area contributed by atoms with Crippen LogP contribution in [0.25, 0.3) is 11.2 Å². The van der Waals surface area contributed by atoms with Crippen LogP contribution < -0.4 is 5.48 Å². The highest BCUT2D eigenvalue weighted by Crippen LogP contribution is 2.17. The summed E-state index contributed by atoms with van der Waals surface area (Å²) in [5, 5.41) is 0. The minimum Gasteiger partial charge on any atom is -0.311 e. The first-order chi connectivity index (χ1) is 12.2. The second-order valence-electron chi connectivity index (χ2n) is 6.80. The monoisotopic (exact) mass is 360 g/mol. The molecule has 136 valence electrons. The van der Waals surface area contributed by atoms with Gasteiger partial charge in [-0.25, -0.2) is 24.2 Å². The Morgan fingerprint density at radius 2 is 2.04 bits per heavy atom. The molecular formula is C18H18F2N4O2. The standard InChI is InChI=1S/C18H18F2N4O2/c1-18(2,3)26-23-17(25)12-7-14-16(21-8-12)24(10-22-14)9-11-5-4-6-13(19)15(11)20/h4-8,10H,9H2,1-3H3,(H,23,25). The smallest absolute Gasteiger partial charge is 0.276 e. The molecule has 0 aliphatic carbocycles. The molecule has 0 atom stereocenters. The first-order valence-electron chi connectivity index (χ1n) is 7.97. The van der Waals surface area contributed by atoms with E-state index < -0.39 is 23.1 Å². The van der Waals surface area contributed by atoms with E-state index in [1.165, 1.54) is 24.7 Å². The van der Waals surface area contributed by atoms with Crippen molar-refractivity contribution in [2.75, 3.05) is 0 Å². The molecule has 2 aromatic heterocycles. The Bertz CT molecular complexity index is 963. The maximum Gasteiger partial charge on any atom is 0.276 e. The molecule has 1 amide bonds. The Balaban J connectivity index is 1.83. The van der Waals surface area contributed by atoms with Gasteiger partial charge in [-0.3, -0.25) is 9.63 Å². The molecule has 2 heterocycles. The molecule has 1 N–H and O–H groups in total. The topological polar surface area (TPSA) is 69.0 Å². The number of carbonyl (C=O) groups is 1. The fourth-order valence-corrected chi connectivity index (χ4v) is 2.30. The molecule has 0 bridgehead atoms. The fourth-order valence-electron chi connectivity index (χ4n) is 2.30. The number of aromatic nitrogens is 3. The zero-order valence-electron chi connectivity index (χ0n) is 14.6. The van der Waals surface area contributed by atoms with Crippen LogP contribution in [0.5, 0.6) is 0 Å². The molecule has 0 radical (unpaired) electrons. The zero-order valence-corrected chi connectivity index (χ0v) is 14.6. The molecule has 0 aliphatic rings. The number of fused-ring (bicyclic) bond motifs is 1. The first-order valence-corrected chi connectivity index (χ1v) is 7.97. The molecule has 6 nitrogen and oxygen atoms in total. The number of amides is 1. The highest BCUT2D eigenvalue weighted by atomic mass is 19.2. The van der Waals surface area contributed by atoms with Crippen LogP contribution in [0.4, 0.5) is 8.78 Å². The first kappa shape index (κ1) is 17.9. The van der Waals surface area contributed by atoms with Crippen molar-refractivity contribution in [1.29, 1.82) is 0 Å². The van der Waals surface area contributed by atoms with Gasteiger partial charge in [0.1, 0.15) is 5.52 Å². The summed E-state index contributed by atoms with van der Waals surface area (Å²) in [6, 6.07) is 5.56. The Morgan fingerprint density at radius 3 is 2.77 bits per heavy atom. The van der Waals surface area contributed by atoms with Gasteiger partial charge in [0.25, 0.3) is 5.91 Å². The molecule has 26 heavy (non-hydrogen) atoms. The largest absolute Gasteiger partial charge is 0.311 e. The number of nitrogens with one attached hydrogen (secondary N) is 1. The van der Waals surface area contributed by atoms with Crippen LogP contribution in [0.2, 0.25) is 0 Å². The van der Waals surface area contributed by atoms with E-state index in [0.29, 0.717) is 11.2 Å². The highest BCUT2D eigenvalue weighted by Gasteiger charge is 2.16. The van der Waals surface area contributed by atoms with Crippen molar-refractivity contribution < 1.29 is 18.4 Å². The molecule has 3 rings (SSSR count). The third kappa shape index (κ3) is 3.85. The van der Waals surface area contributed by atoms with Gasteiger partial charge >= 0.3 is 0 Å². The van der Waals surface area contributed by atoms with Crippen LogP contribution in [-0.2, 0) is 11.4 Å². The molecule has 1 aromatic carbocycles. The van der Waals surface area contributed by atoms with Gasteiger partial charge in [-0.1, -0.05) is 12.1 Å². The predicted molar refractivity (Wildman–Crippen MR) is 91.3 cm³/mol. The number of hydrogen-bond donors (Lipinski definition) is 1. The summed E-state index contributed by atoms with van der Waals surface area (Å²) < 4.78 is 28.8. The summed E-state index contributed by atoms with van der Waals surface area (Å²) in [4.78, 5) is 25.8. The van der Waals surface area contributed by atoms with E-state index in [-0.39, 0.29) is 17.7 Å². The predicted octanol–water partition coefficient (Wildman–Crippen LogP) is 3.22. The van der Waals surface area contributed by atoms with Crippen LogP contribution in [0.15, 0.2) is 36.8 Å². The van der Waals surface area contributed by atoms with E-state index in [1.54, 1.807) is 10.6 Å². The van der Waals surface area contributed by atoms with Gasteiger partial charge in [0.05, 0.1) is 24.0 Å². The lowest BCUT2D eigenvalue weighted by molar-refractivity contribution is -0.0589. The molecule has 8 heteroatoms. The van der Waals surface area contributed by atoms with Gasteiger partial charge in [-0.2, -0.15) is 0 Å². The van der Waals surface area contributed by atoms with Crippen LogP contribution in [0.3, 0.4) is 0 Å². The number of rotatable bonds is 4.